The lowest BCUT2D eigenvalue weighted by molar-refractivity contribution is -0.120. The van der Waals surface area contributed by atoms with Gasteiger partial charge in [-0.3, -0.25) is 4.79 Å². The molecule has 0 N–H and O–H groups in total. The SMILES string of the molecule is Cc1ccc(OC(C)C(=O)C=CN(C)C)cc1. The molecule has 0 radical (unpaired) electrons. The fraction of sp³-hybridized carbons (Fsp3) is 0.357. The Morgan fingerprint density at radius 3 is 2.41 bits per heavy atom. The molecule has 0 saturated carbocycles. The fourth-order valence-corrected chi connectivity index (χ4v) is 1.24. The van der Waals surface area contributed by atoms with E-state index in [1.54, 1.807) is 13.1 Å². The Balaban J connectivity index is 2.57. The molecular weight excluding hydrogens is 214 g/mol. The van der Waals surface area contributed by atoms with Crippen LogP contribution in [0.1, 0.15) is 12.5 Å². The number of carbonyl (C=O) groups is 1. The fourth-order valence-electron chi connectivity index (χ4n) is 1.24. The number of ketones is 1. The first-order valence-electron chi connectivity index (χ1n) is 5.61. The van der Waals surface area contributed by atoms with E-state index < -0.39 is 6.10 Å². The van der Waals surface area contributed by atoms with Crippen LogP contribution < -0.4 is 4.74 Å². The summed E-state index contributed by atoms with van der Waals surface area (Å²) in [6, 6.07) is 7.66. The highest BCUT2D eigenvalue weighted by atomic mass is 16.5. The van der Waals surface area contributed by atoms with Crippen molar-refractivity contribution in [3.63, 3.8) is 0 Å². The van der Waals surface area contributed by atoms with Gasteiger partial charge in [-0.25, -0.2) is 0 Å². The van der Waals surface area contributed by atoms with Gasteiger partial charge in [-0.1, -0.05) is 17.7 Å². The molecule has 0 fully saturated rings. The van der Waals surface area contributed by atoms with Crippen LogP contribution in [-0.2, 0) is 4.79 Å². The van der Waals surface area contributed by atoms with E-state index in [1.807, 2.05) is 50.2 Å². The smallest absolute Gasteiger partial charge is 0.197 e. The molecule has 92 valence electrons. The topological polar surface area (TPSA) is 29.5 Å². The first-order chi connectivity index (χ1) is 7.99. The summed E-state index contributed by atoms with van der Waals surface area (Å²) in [4.78, 5) is 13.5. The van der Waals surface area contributed by atoms with Gasteiger partial charge in [0.2, 0.25) is 0 Å². The molecule has 0 saturated heterocycles. The summed E-state index contributed by atoms with van der Waals surface area (Å²) in [6.45, 7) is 3.76. The second-order valence-corrected chi connectivity index (χ2v) is 4.25. The summed E-state index contributed by atoms with van der Waals surface area (Å²) in [7, 11) is 3.74. The average Bonchev–Trinajstić information content (AvgIpc) is 2.28. The van der Waals surface area contributed by atoms with Crippen molar-refractivity contribution in [3.8, 4) is 5.75 Å². The van der Waals surface area contributed by atoms with Crippen LogP contribution in [-0.4, -0.2) is 30.9 Å². The van der Waals surface area contributed by atoms with Gasteiger partial charge in [0.15, 0.2) is 11.9 Å². The Bertz CT molecular complexity index is 393. The molecule has 0 aliphatic heterocycles. The highest BCUT2D eigenvalue weighted by molar-refractivity contribution is 5.93. The normalized spacial score (nSPS) is 12.5. The maximum atomic E-state index is 11.7. The van der Waals surface area contributed by atoms with Crippen LogP contribution in [0, 0.1) is 6.92 Å². The van der Waals surface area contributed by atoms with Crippen LogP contribution in [0.4, 0.5) is 0 Å². The molecule has 1 unspecified atom stereocenters. The maximum Gasteiger partial charge on any atom is 0.197 e. The van der Waals surface area contributed by atoms with E-state index in [0.29, 0.717) is 0 Å². The standard InChI is InChI=1S/C14H19NO2/c1-11-5-7-13(8-6-11)17-12(2)14(16)9-10-15(3)4/h5-10,12H,1-4H3. The Kier molecular flexibility index (Phi) is 4.76. The second kappa shape index (κ2) is 6.09. The summed E-state index contributed by atoms with van der Waals surface area (Å²) >= 11 is 0. The molecule has 0 aliphatic carbocycles. The van der Waals surface area contributed by atoms with Crippen LogP contribution in [0.15, 0.2) is 36.5 Å². The molecule has 3 nitrogen and oxygen atoms in total. The van der Waals surface area contributed by atoms with Crippen molar-refractivity contribution in [1.29, 1.82) is 0 Å². The van der Waals surface area contributed by atoms with E-state index in [1.165, 1.54) is 11.6 Å². The molecule has 0 heterocycles. The van der Waals surface area contributed by atoms with E-state index in [-0.39, 0.29) is 5.78 Å². The van der Waals surface area contributed by atoms with Crippen molar-refractivity contribution >= 4 is 5.78 Å². The number of hydrogen-bond acceptors (Lipinski definition) is 3. The van der Waals surface area contributed by atoms with E-state index >= 15 is 0 Å². The van der Waals surface area contributed by atoms with Crippen molar-refractivity contribution in [3.05, 3.63) is 42.1 Å². The summed E-state index contributed by atoms with van der Waals surface area (Å²) in [5, 5.41) is 0. The molecule has 17 heavy (non-hydrogen) atoms. The number of rotatable bonds is 5. The summed E-state index contributed by atoms with van der Waals surface area (Å²) < 4.78 is 5.54. The zero-order chi connectivity index (χ0) is 12.8. The van der Waals surface area contributed by atoms with E-state index in [0.717, 1.165) is 5.75 Å². The predicted octanol–water partition coefficient (Wildman–Crippen LogP) is 2.41. The number of benzene rings is 1. The van der Waals surface area contributed by atoms with Gasteiger partial charge in [0.05, 0.1) is 0 Å². The van der Waals surface area contributed by atoms with Gasteiger partial charge < -0.3 is 9.64 Å². The highest BCUT2D eigenvalue weighted by Crippen LogP contribution is 2.13. The van der Waals surface area contributed by atoms with Gasteiger partial charge >= 0.3 is 0 Å². The second-order valence-electron chi connectivity index (χ2n) is 4.25. The summed E-state index contributed by atoms with van der Waals surface area (Å²) in [5.74, 6) is 0.675. The Morgan fingerprint density at radius 2 is 1.88 bits per heavy atom. The Labute approximate surface area is 103 Å². The van der Waals surface area contributed by atoms with Crippen molar-refractivity contribution in [2.24, 2.45) is 0 Å². The van der Waals surface area contributed by atoms with Gasteiger partial charge in [-0.2, -0.15) is 0 Å². The van der Waals surface area contributed by atoms with Crippen LogP contribution in [0.25, 0.3) is 0 Å². The van der Waals surface area contributed by atoms with Gasteiger partial charge in [-0.05, 0) is 26.0 Å². The molecule has 0 bridgehead atoms. The zero-order valence-corrected chi connectivity index (χ0v) is 10.8. The summed E-state index contributed by atoms with van der Waals surface area (Å²) in [5.41, 5.74) is 1.17. The molecule has 0 aliphatic rings. The molecule has 0 spiro atoms. The van der Waals surface area contributed by atoms with Crippen LogP contribution >= 0.6 is 0 Å². The van der Waals surface area contributed by atoms with Gasteiger partial charge in [0, 0.05) is 26.4 Å². The monoisotopic (exact) mass is 233 g/mol. The third-order valence-electron chi connectivity index (χ3n) is 2.27. The first kappa shape index (κ1) is 13.3. The van der Waals surface area contributed by atoms with Crippen molar-refractivity contribution in [2.75, 3.05) is 14.1 Å². The minimum atomic E-state index is -0.464. The Morgan fingerprint density at radius 1 is 1.29 bits per heavy atom. The molecule has 0 aromatic heterocycles. The number of ether oxygens (including phenoxy) is 1. The first-order valence-corrected chi connectivity index (χ1v) is 5.61. The maximum absolute atomic E-state index is 11.7. The van der Waals surface area contributed by atoms with Crippen LogP contribution in [0.3, 0.4) is 0 Å². The van der Waals surface area contributed by atoms with Crippen molar-refractivity contribution in [2.45, 2.75) is 20.0 Å². The number of nitrogens with zero attached hydrogens (tertiary/aromatic N) is 1. The number of aryl methyl sites for hydroxylation is 1. The van der Waals surface area contributed by atoms with Gasteiger partial charge in [-0.15, -0.1) is 0 Å². The van der Waals surface area contributed by atoms with Crippen molar-refractivity contribution in [1.82, 2.24) is 4.90 Å². The number of carbonyl (C=O) groups excluding carboxylic acids is 1. The molecule has 3 heteroatoms. The number of hydrogen-bond donors (Lipinski definition) is 0. The minimum absolute atomic E-state index is 0.0423. The van der Waals surface area contributed by atoms with Crippen LogP contribution in [0.2, 0.25) is 0 Å². The van der Waals surface area contributed by atoms with Gasteiger partial charge in [0.1, 0.15) is 5.75 Å². The van der Waals surface area contributed by atoms with E-state index in [2.05, 4.69) is 0 Å². The predicted molar refractivity (Wildman–Crippen MR) is 69.1 cm³/mol. The lowest BCUT2D eigenvalue weighted by Crippen LogP contribution is -2.22. The molecule has 1 atom stereocenters. The van der Waals surface area contributed by atoms with Crippen molar-refractivity contribution < 1.29 is 9.53 Å². The molecule has 1 rings (SSSR count). The van der Waals surface area contributed by atoms with Gasteiger partial charge in [0.25, 0.3) is 0 Å². The quantitative estimate of drug-likeness (QED) is 0.731. The largest absolute Gasteiger partial charge is 0.483 e. The zero-order valence-electron chi connectivity index (χ0n) is 10.8. The lowest BCUT2D eigenvalue weighted by Gasteiger charge is -2.12. The summed E-state index contributed by atoms with van der Waals surface area (Å²) in [6.07, 6.45) is 2.78. The molecule has 1 aromatic carbocycles. The highest BCUT2D eigenvalue weighted by Gasteiger charge is 2.11. The average molecular weight is 233 g/mol. The van der Waals surface area contributed by atoms with E-state index in [9.17, 15) is 4.79 Å². The molecule has 0 amide bonds. The third-order valence-corrected chi connectivity index (χ3v) is 2.27. The lowest BCUT2D eigenvalue weighted by atomic mass is 10.2. The van der Waals surface area contributed by atoms with Crippen LogP contribution in [0.5, 0.6) is 5.75 Å². The van der Waals surface area contributed by atoms with E-state index in [4.69, 9.17) is 4.74 Å². The minimum Gasteiger partial charge on any atom is -0.483 e. The third kappa shape index (κ3) is 4.72. The Hall–Kier alpha value is -1.77. The molecular formula is C14H19NO2. The molecule has 1 aromatic rings.